The molecule has 4 heteroatoms. The van der Waals surface area contributed by atoms with Crippen LogP contribution in [-0.4, -0.2) is 37.4 Å². The molecular formula is C11H23NO3. The van der Waals surface area contributed by atoms with E-state index in [9.17, 15) is 4.79 Å². The van der Waals surface area contributed by atoms with Crippen molar-refractivity contribution < 1.29 is 14.6 Å². The van der Waals surface area contributed by atoms with Crippen molar-refractivity contribution in [1.82, 2.24) is 5.32 Å². The van der Waals surface area contributed by atoms with Gasteiger partial charge < -0.3 is 15.2 Å². The third-order valence-corrected chi connectivity index (χ3v) is 2.52. The summed E-state index contributed by atoms with van der Waals surface area (Å²) in [6, 6.07) is 0. The number of amides is 1. The summed E-state index contributed by atoms with van der Waals surface area (Å²) in [6.07, 6.45) is 2.44. The number of ether oxygens (including phenoxy) is 1. The lowest BCUT2D eigenvalue weighted by molar-refractivity contribution is -0.130. The predicted octanol–water partition coefficient (Wildman–Crippen LogP) is 0.936. The number of aliphatic hydroxyl groups is 1. The molecule has 0 bridgehead atoms. The number of rotatable bonds is 8. The predicted molar refractivity (Wildman–Crippen MR) is 59.6 cm³/mol. The van der Waals surface area contributed by atoms with Crippen LogP contribution < -0.4 is 5.32 Å². The molecule has 0 aromatic heterocycles. The molecule has 0 heterocycles. The van der Waals surface area contributed by atoms with Gasteiger partial charge >= 0.3 is 0 Å². The Morgan fingerprint density at radius 2 is 2.13 bits per heavy atom. The first-order chi connectivity index (χ1) is 7.15. The van der Waals surface area contributed by atoms with Crippen LogP contribution >= 0.6 is 0 Å². The van der Waals surface area contributed by atoms with E-state index in [4.69, 9.17) is 9.84 Å². The van der Waals surface area contributed by atoms with Crippen molar-refractivity contribution in [2.45, 2.75) is 39.2 Å². The molecule has 0 saturated heterocycles. The van der Waals surface area contributed by atoms with Gasteiger partial charge in [-0.05, 0) is 25.7 Å². The highest BCUT2D eigenvalue weighted by atomic mass is 16.5. The maximum atomic E-state index is 11.4. The van der Waals surface area contributed by atoms with Crippen LogP contribution in [0.3, 0.4) is 0 Å². The number of carbonyl (C=O) groups is 1. The third-order valence-electron chi connectivity index (χ3n) is 2.52. The summed E-state index contributed by atoms with van der Waals surface area (Å²) in [5.74, 6) is 0.282. The smallest absolute Gasteiger partial charge is 0.248 e. The number of nitrogens with one attached hydrogen (secondary N) is 1. The Morgan fingerprint density at radius 1 is 1.47 bits per heavy atom. The lowest BCUT2D eigenvalue weighted by atomic mass is 10.0. The molecule has 0 aliphatic heterocycles. The van der Waals surface area contributed by atoms with Gasteiger partial charge in [0.25, 0.3) is 0 Å². The molecule has 0 rings (SSSR count). The van der Waals surface area contributed by atoms with Crippen molar-refractivity contribution in [1.29, 1.82) is 0 Å². The van der Waals surface area contributed by atoms with Crippen LogP contribution in [0.2, 0.25) is 0 Å². The Labute approximate surface area is 92.0 Å². The van der Waals surface area contributed by atoms with E-state index in [1.807, 2.05) is 0 Å². The minimum absolute atomic E-state index is 0.0865. The second-order valence-corrected chi connectivity index (χ2v) is 3.79. The lowest BCUT2D eigenvalue weighted by Crippen LogP contribution is -2.37. The third kappa shape index (κ3) is 6.47. The minimum Gasteiger partial charge on any atom is -0.396 e. The summed E-state index contributed by atoms with van der Waals surface area (Å²) in [5, 5.41) is 11.7. The summed E-state index contributed by atoms with van der Waals surface area (Å²) in [4.78, 5) is 11.4. The molecule has 1 amide bonds. The Balaban J connectivity index is 3.82. The van der Waals surface area contributed by atoms with Gasteiger partial charge in [-0.15, -0.1) is 0 Å². The van der Waals surface area contributed by atoms with Crippen LogP contribution in [0.5, 0.6) is 0 Å². The SMILES string of the molecule is CCCC(CCO)CNC(=O)C(C)OC. The number of hydrogen-bond donors (Lipinski definition) is 2. The summed E-state index contributed by atoms with van der Waals surface area (Å²) in [7, 11) is 1.52. The maximum absolute atomic E-state index is 11.4. The molecule has 0 saturated carbocycles. The van der Waals surface area contributed by atoms with Gasteiger partial charge in [0.05, 0.1) is 0 Å². The van der Waals surface area contributed by atoms with E-state index in [2.05, 4.69) is 12.2 Å². The molecule has 0 spiro atoms. The number of methoxy groups -OCH3 is 1. The quantitative estimate of drug-likeness (QED) is 0.636. The van der Waals surface area contributed by atoms with E-state index in [0.29, 0.717) is 12.5 Å². The first kappa shape index (κ1) is 14.4. The number of carbonyl (C=O) groups excluding carboxylic acids is 1. The molecule has 0 aromatic rings. The molecule has 0 aliphatic rings. The van der Waals surface area contributed by atoms with E-state index < -0.39 is 6.10 Å². The Bertz CT molecular complexity index is 167. The molecule has 0 radical (unpaired) electrons. The molecule has 2 N–H and O–H groups in total. The number of hydrogen-bond acceptors (Lipinski definition) is 3. The van der Waals surface area contributed by atoms with Gasteiger partial charge in [-0.2, -0.15) is 0 Å². The van der Waals surface area contributed by atoms with Gasteiger partial charge in [-0.3, -0.25) is 4.79 Å². The zero-order valence-electron chi connectivity index (χ0n) is 9.95. The molecule has 0 aliphatic carbocycles. The van der Waals surface area contributed by atoms with Crippen LogP contribution in [0.1, 0.15) is 33.1 Å². The van der Waals surface area contributed by atoms with Gasteiger partial charge in [-0.25, -0.2) is 0 Å². The summed E-state index contributed by atoms with van der Waals surface area (Å²) in [5.41, 5.74) is 0. The van der Waals surface area contributed by atoms with Gasteiger partial charge in [0.15, 0.2) is 0 Å². The molecule has 0 aromatic carbocycles. The van der Waals surface area contributed by atoms with Gasteiger partial charge in [0.1, 0.15) is 6.10 Å². The van der Waals surface area contributed by atoms with E-state index in [1.165, 1.54) is 7.11 Å². The fourth-order valence-electron chi connectivity index (χ4n) is 1.43. The summed E-state index contributed by atoms with van der Waals surface area (Å²) >= 11 is 0. The molecule has 0 fully saturated rings. The Kier molecular flexibility index (Phi) is 8.33. The lowest BCUT2D eigenvalue weighted by Gasteiger charge is -2.17. The van der Waals surface area contributed by atoms with Crippen molar-refractivity contribution >= 4 is 5.91 Å². The van der Waals surface area contributed by atoms with Crippen molar-refractivity contribution in [3.8, 4) is 0 Å². The highest BCUT2D eigenvalue weighted by Crippen LogP contribution is 2.09. The monoisotopic (exact) mass is 217 g/mol. The topological polar surface area (TPSA) is 58.6 Å². The van der Waals surface area contributed by atoms with Crippen LogP contribution in [0, 0.1) is 5.92 Å². The van der Waals surface area contributed by atoms with Crippen molar-refractivity contribution in [2.75, 3.05) is 20.3 Å². The Hall–Kier alpha value is -0.610. The van der Waals surface area contributed by atoms with Gasteiger partial charge in [-0.1, -0.05) is 13.3 Å². The number of aliphatic hydroxyl groups excluding tert-OH is 1. The standard InChI is InChI=1S/C11H23NO3/c1-4-5-10(6-7-13)8-12-11(14)9(2)15-3/h9-10,13H,4-8H2,1-3H3,(H,12,14). The van der Waals surface area contributed by atoms with Crippen LogP contribution in [0.15, 0.2) is 0 Å². The van der Waals surface area contributed by atoms with Crippen LogP contribution in [0.25, 0.3) is 0 Å². The molecule has 2 unspecified atom stereocenters. The Morgan fingerprint density at radius 3 is 2.60 bits per heavy atom. The zero-order valence-corrected chi connectivity index (χ0v) is 9.95. The second kappa shape index (κ2) is 8.68. The highest BCUT2D eigenvalue weighted by Gasteiger charge is 2.13. The van der Waals surface area contributed by atoms with Gasteiger partial charge in [0.2, 0.25) is 5.91 Å². The molecular weight excluding hydrogens is 194 g/mol. The summed E-state index contributed by atoms with van der Waals surface area (Å²) < 4.78 is 4.90. The average molecular weight is 217 g/mol. The molecule has 4 nitrogen and oxygen atoms in total. The van der Waals surface area contributed by atoms with Crippen molar-refractivity contribution in [3.05, 3.63) is 0 Å². The maximum Gasteiger partial charge on any atom is 0.248 e. The van der Waals surface area contributed by atoms with Gasteiger partial charge in [0, 0.05) is 20.3 Å². The fraction of sp³-hybridized carbons (Fsp3) is 0.909. The first-order valence-electron chi connectivity index (χ1n) is 5.57. The minimum atomic E-state index is -0.401. The average Bonchev–Trinajstić information content (AvgIpc) is 2.25. The second-order valence-electron chi connectivity index (χ2n) is 3.79. The normalized spacial score (nSPS) is 14.7. The van der Waals surface area contributed by atoms with Crippen LogP contribution in [-0.2, 0) is 9.53 Å². The van der Waals surface area contributed by atoms with E-state index in [0.717, 1.165) is 19.3 Å². The molecule has 2 atom stereocenters. The van der Waals surface area contributed by atoms with E-state index in [1.54, 1.807) is 6.92 Å². The van der Waals surface area contributed by atoms with Crippen molar-refractivity contribution in [3.63, 3.8) is 0 Å². The van der Waals surface area contributed by atoms with Crippen LogP contribution in [0.4, 0.5) is 0 Å². The highest BCUT2D eigenvalue weighted by molar-refractivity contribution is 5.80. The molecule has 90 valence electrons. The zero-order chi connectivity index (χ0) is 11.7. The van der Waals surface area contributed by atoms with E-state index in [-0.39, 0.29) is 12.5 Å². The molecule has 15 heavy (non-hydrogen) atoms. The largest absolute Gasteiger partial charge is 0.396 e. The first-order valence-corrected chi connectivity index (χ1v) is 5.57. The van der Waals surface area contributed by atoms with Crippen molar-refractivity contribution in [2.24, 2.45) is 5.92 Å². The van der Waals surface area contributed by atoms with E-state index >= 15 is 0 Å². The fourth-order valence-corrected chi connectivity index (χ4v) is 1.43. The summed E-state index contributed by atoms with van der Waals surface area (Å²) in [6.45, 7) is 4.63.